The van der Waals surface area contributed by atoms with E-state index in [0.717, 1.165) is 36.8 Å². The molecule has 0 N–H and O–H groups in total. The molecule has 1 heterocycles. The van der Waals surface area contributed by atoms with Crippen molar-refractivity contribution in [2.75, 3.05) is 26.7 Å². The lowest BCUT2D eigenvalue weighted by Gasteiger charge is -2.44. The van der Waals surface area contributed by atoms with Gasteiger partial charge < -0.3 is 14.5 Å². The Morgan fingerprint density at radius 3 is 2.27 bits per heavy atom. The highest BCUT2D eigenvalue weighted by molar-refractivity contribution is 6.30. The van der Waals surface area contributed by atoms with Gasteiger partial charge in [0.15, 0.2) is 0 Å². The highest BCUT2D eigenvalue weighted by Gasteiger charge is 2.47. The lowest BCUT2D eigenvalue weighted by Crippen LogP contribution is -2.52. The molecule has 0 atom stereocenters. The number of hydrogen-bond donors (Lipinski definition) is 0. The van der Waals surface area contributed by atoms with Crippen LogP contribution in [-0.2, 0) is 21.5 Å². The SMILES string of the molecule is CN(Cc1ccccc1)C(=O)CC1(COc2ccc(Cl)cc2)CCN(C(=O)C2(c3cccc(F)c3)CCCC2)CC1. The second-order valence-corrected chi connectivity index (χ2v) is 12.2. The van der Waals surface area contributed by atoms with Crippen LogP contribution in [0, 0.1) is 11.2 Å². The summed E-state index contributed by atoms with van der Waals surface area (Å²) in [6.45, 7) is 1.98. The summed E-state index contributed by atoms with van der Waals surface area (Å²) in [4.78, 5) is 31.3. The monoisotopic (exact) mass is 576 g/mol. The van der Waals surface area contributed by atoms with Gasteiger partial charge >= 0.3 is 0 Å². The molecule has 1 saturated heterocycles. The van der Waals surface area contributed by atoms with Crippen molar-refractivity contribution in [1.29, 1.82) is 0 Å². The number of piperidine rings is 1. The van der Waals surface area contributed by atoms with E-state index in [4.69, 9.17) is 16.3 Å². The molecular formula is C34H38ClFN2O3. The Hall–Kier alpha value is -3.38. The molecule has 7 heteroatoms. The first-order valence-electron chi connectivity index (χ1n) is 14.5. The van der Waals surface area contributed by atoms with Gasteiger partial charge in [-0.1, -0.05) is 66.9 Å². The molecule has 0 unspecified atom stereocenters. The smallest absolute Gasteiger partial charge is 0.233 e. The lowest BCUT2D eigenvalue weighted by molar-refractivity contribution is -0.141. The van der Waals surface area contributed by atoms with E-state index in [2.05, 4.69) is 0 Å². The van der Waals surface area contributed by atoms with Crippen LogP contribution in [0.25, 0.3) is 0 Å². The third-order valence-corrected chi connectivity index (χ3v) is 9.18. The molecule has 2 aliphatic rings. The van der Waals surface area contributed by atoms with Crippen LogP contribution in [0.4, 0.5) is 4.39 Å². The van der Waals surface area contributed by atoms with E-state index in [1.54, 1.807) is 23.1 Å². The third kappa shape index (κ3) is 6.75. The number of likely N-dealkylation sites (tertiary alicyclic amines) is 1. The van der Waals surface area contributed by atoms with Gasteiger partial charge in [0.2, 0.25) is 11.8 Å². The van der Waals surface area contributed by atoms with Crippen molar-refractivity contribution in [3.8, 4) is 5.75 Å². The van der Waals surface area contributed by atoms with E-state index < -0.39 is 10.8 Å². The van der Waals surface area contributed by atoms with Crippen LogP contribution >= 0.6 is 11.6 Å². The molecule has 0 aromatic heterocycles. The maximum Gasteiger partial charge on any atom is 0.233 e. The Balaban J connectivity index is 1.31. The van der Waals surface area contributed by atoms with Gasteiger partial charge in [-0.25, -0.2) is 4.39 Å². The average Bonchev–Trinajstić information content (AvgIpc) is 3.49. The molecule has 0 spiro atoms. The van der Waals surface area contributed by atoms with Gasteiger partial charge in [-0.2, -0.15) is 0 Å². The fourth-order valence-electron chi connectivity index (χ4n) is 6.42. The summed E-state index contributed by atoms with van der Waals surface area (Å²) in [5, 5.41) is 0.635. The number of amides is 2. The molecule has 1 aliphatic carbocycles. The molecule has 3 aromatic rings. The van der Waals surface area contributed by atoms with Crippen LogP contribution in [0.3, 0.4) is 0 Å². The lowest BCUT2D eigenvalue weighted by atomic mass is 9.73. The highest BCUT2D eigenvalue weighted by Crippen LogP contribution is 2.45. The van der Waals surface area contributed by atoms with E-state index in [9.17, 15) is 14.0 Å². The van der Waals surface area contributed by atoms with Crippen molar-refractivity contribution in [3.05, 3.63) is 101 Å². The zero-order chi connectivity index (χ0) is 28.9. The zero-order valence-corrected chi connectivity index (χ0v) is 24.4. The molecular weight excluding hydrogens is 539 g/mol. The predicted molar refractivity (Wildman–Crippen MR) is 159 cm³/mol. The molecule has 41 heavy (non-hydrogen) atoms. The number of benzene rings is 3. The highest BCUT2D eigenvalue weighted by atomic mass is 35.5. The molecule has 5 rings (SSSR count). The molecule has 5 nitrogen and oxygen atoms in total. The Morgan fingerprint density at radius 1 is 0.927 bits per heavy atom. The minimum Gasteiger partial charge on any atom is -0.493 e. The van der Waals surface area contributed by atoms with Crippen molar-refractivity contribution in [3.63, 3.8) is 0 Å². The molecule has 1 aliphatic heterocycles. The minimum atomic E-state index is -0.673. The van der Waals surface area contributed by atoms with Crippen LogP contribution in [0.15, 0.2) is 78.9 Å². The summed E-state index contributed by atoms with van der Waals surface area (Å²) < 4.78 is 20.4. The van der Waals surface area contributed by atoms with E-state index in [1.807, 2.05) is 60.5 Å². The molecule has 2 fully saturated rings. The fraction of sp³-hybridized carbons (Fsp3) is 0.412. The van der Waals surface area contributed by atoms with Crippen molar-refractivity contribution in [1.82, 2.24) is 9.80 Å². The first-order chi connectivity index (χ1) is 19.8. The number of halogens is 2. The van der Waals surface area contributed by atoms with E-state index in [1.165, 1.54) is 12.1 Å². The quantitative estimate of drug-likeness (QED) is 0.275. The molecule has 216 valence electrons. The van der Waals surface area contributed by atoms with Gasteiger partial charge in [-0.15, -0.1) is 0 Å². The summed E-state index contributed by atoms with van der Waals surface area (Å²) in [6.07, 6.45) is 5.02. The minimum absolute atomic E-state index is 0.0559. The first kappa shape index (κ1) is 29.1. The molecule has 3 aromatic carbocycles. The van der Waals surface area contributed by atoms with Crippen LogP contribution in [-0.4, -0.2) is 48.4 Å². The van der Waals surface area contributed by atoms with Crippen molar-refractivity contribution in [2.45, 2.75) is 56.9 Å². The normalized spacial score (nSPS) is 17.7. The number of rotatable bonds is 9. The molecule has 0 bridgehead atoms. The third-order valence-electron chi connectivity index (χ3n) is 8.93. The Kier molecular flexibility index (Phi) is 8.98. The van der Waals surface area contributed by atoms with Gasteiger partial charge in [-0.3, -0.25) is 9.59 Å². The summed E-state index contributed by atoms with van der Waals surface area (Å²) in [6, 6.07) is 23.7. The average molecular weight is 577 g/mol. The largest absolute Gasteiger partial charge is 0.493 e. The Labute approximate surface area is 247 Å². The molecule has 2 amide bonds. The topological polar surface area (TPSA) is 49.9 Å². The predicted octanol–water partition coefficient (Wildman–Crippen LogP) is 7.03. The van der Waals surface area contributed by atoms with Crippen LogP contribution in [0.2, 0.25) is 5.02 Å². The molecule has 1 saturated carbocycles. The summed E-state index contributed by atoms with van der Waals surface area (Å²) in [7, 11) is 1.84. The second-order valence-electron chi connectivity index (χ2n) is 11.7. The number of nitrogens with zero attached hydrogens (tertiary/aromatic N) is 2. The summed E-state index contributed by atoms with van der Waals surface area (Å²) in [5.41, 5.74) is 0.767. The van der Waals surface area contributed by atoms with Crippen molar-refractivity contribution in [2.24, 2.45) is 5.41 Å². The van der Waals surface area contributed by atoms with E-state index in [-0.39, 0.29) is 17.6 Å². The van der Waals surface area contributed by atoms with E-state index >= 15 is 0 Å². The number of ether oxygens (including phenoxy) is 1. The standard InChI is InChI=1S/C34H38ClFN2O3/c1-37(24-26-8-3-2-4-9-26)31(39)23-33(25-41-30-14-12-28(35)13-15-30)18-20-38(21-19-33)32(40)34(16-5-6-17-34)27-10-7-11-29(36)22-27/h2-4,7-15,22H,5-6,16-21,23-25H2,1H3. The molecule has 0 radical (unpaired) electrons. The Bertz CT molecular complexity index is 1330. The number of hydrogen-bond acceptors (Lipinski definition) is 3. The fourth-order valence-corrected chi connectivity index (χ4v) is 6.54. The summed E-state index contributed by atoms with van der Waals surface area (Å²) in [5.74, 6) is 0.533. The number of carbonyl (C=O) groups is 2. The second kappa shape index (κ2) is 12.6. The van der Waals surface area contributed by atoms with Crippen LogP contribution < -0.4 is 4.74 Å². The maximum atomic E-state index is 14.2. The van der Waals surface area contributed by atoms with Gasteiger partial charge in [-0.05, 0) is 73.2 Å². The van der Waals surface area contributed by atoms with Crippen LogP contribution in [0.1, 0.15) is 56.1 Å². The first-order valence-corrected chi connectivity index (χ1v) is 14.9. The zero-order valence-electron chi connectivity index (χ0n) is 23.7. The maximum absolute atomic E-state index is 14.2. The van der Waals surface area contributed by atoms with Gasteiger partial charge in [0, 0.05) is 43.5 Å². The number of carbonyl (C=O) groups excluding carboxylic acids is 2. The van der Waals surface area contributed by atoms with Gasteiger partial charge in [0.1, 0.15) is 11.6 Å². The summed E-state index contributed by atoms with van der Waals surface area (Å²) >= 11 is 6.06. The van der Waals surface area contributed by atoms with Crippen molar-refractivity contribution >= 4 is 23.4 Å². The van der Waals surface area contributed by atoms with Crippen LogP contribution in [0.5, 0.6) is 5.75 Å². The van der Waals surface area contributed by atoms with Gasteiger partial charge in [0.05, 0.1) is 12.0 Å². The van der Waals surface area contributed by atoms with Gasteiger partial charge in [0.25, 0.3) is 0 Å². The van der Waals surface area contributed by atoms with Crippen molar-refractivity contribution < 1.29 is 18.7 Å². The Morgan fingerprint density at radius 2 is 1.61 bits per heavy atom. The van der Waals surface area contributed by atoms with E-state index in [0.29, 0.717) is 56.3 Å².